The summed E-state index contributed by atoms with van der Waals surface area (Å²) in [6, 6.07) is 16.9. The van der Waals surface area contributed by atoms with E-state index in [9.17, 15) is 14.9 Å². The summed E-state index contributed by atoms with van der Waals surface area (Å²) in [5, 5.41) is 14.5. The molecule has 36 heavy (non-hydrogen) atoms. The summed E-state index contributed by atoms with van der Waals surface area (Å²) in [5.74, 6) is -0.340. The average molecular weight is 502 g/mol. The number of carbonyl (C=O) groups excluding carboxylic acids is 2. The van der Waals surface area contributed by atoms with Crippen molar-refractivity contribution < 1.29 is 9.59 Å². The van der Waals surface area contributed by atoms with Crippen LogP contribution >= 0.6 is 11.6 Å². The van der Waals surface area contributed by atoms with Crippen molar-refractivity contribution in [3.8, 4) is 6.07 Å². The van der Waals surface area contributed by atoms with Crippen molar-refractivity contribution in [1.82, 2.24) is 10.0 Å². The minimum absolute atomic E-state index is 0.0714. The second-order valence-electron chi connectivity index (χ2n) is 10.5. The second-order valence-corrected chi connectivity index (χ2v) is 11.0. The molecule has 3 aliphatic rings. The number of hydrogen-bond donors (Lipinski definition) is 1. The van der Waals surface area contributed by atoms with E-state index in [0.29, 0.717) is 34.0 Å². The number of para-hydroxylation sites is 1. The molecule has 184 valence electrons. The molecule has 1 aliphatic carbocycles. The molecule has 5 rings (SSSR count). The summed E-state index contributed by atoms with van der Waals surface area (Å²) in [5.41, 5.74) is 7.84. The largest absolute Gasteiger partial charge is 0.383 e. The lowest BCUT2D eigenvalue weighted by Gasteiger charge is -2.48. The van der Waals surface area contributed by atoms with Crippen LogP contribution in [0, 0.1) is 16.7 Å². The standard InChI is InChI=1S/C28H28ClN5O2/c1-27(2)13-22-24(23(35)14-27)28(19(15-30)25(31)34(22)32(3)4)18-10-6-8-12-21(18)33(26(28)36)16-17-9-5-7-11-20(17)29/h5-12H,13-14,16,31H2,1-4H3/t28-/m1/s1. The molecule has 1 atom stereocenters. The average Bonchev–Trinajstić information content (AvgIpc) is 3.03. The zero-order valence-electron chi connectivity index (χ0n) is 20.8. The molecule has 1 spiro atoms. The van der Waals surface area contributed by atoms with Crippen LogP contribution in [-0.4, -0.2) is 35.8 Å². The maximum Gasteiger partial charge on any atom is 0.248 e. The van der Waals surface area contributed by atoms with Crippen molar-refractivity contribution in [3.63, 3.8) is 0 Å². The van der Waals surface area contributed by atoms with Crippen LogP contribution in [0.15, 0.2) is 71.2 Å². The van der Waals surface area contributed by atoms with Gasteiger partial charge in [-0.25, -0.2) is 5.01 Å². The van der Waals surface area contributed by atoms with Gasteiger partial charge in [-0.3, -0.25) is 14.6 Å². The Morgan fingerprint density at radius 2 is 1.75 bits per heavy atom. The quantitative estimate of drug-likeness (QED) is 0.675. The fourth-order valence-corrected chi connectivity index (χ4v) is 6.15. The van der Waals surface area contributed by atoms with Crippen molar-refractivity contribution in [1.29, 1.82) is 5.26 Å². The number of ketones is 1. The number of halogens is 1. The Hall–Kier alpha value is -3.60. The van der Waals surface area contributed by atoms with Gasteiger partial charge in [-0.15, -0.1) is 0 Å². The van der Waals surface area contributed by atoms with Gasteiger partial charge in [0.25, 0.3) is 0 Å². The van der Waals surface area contributed by atoms with Crippen molar-refractivity contribution in [3.05, 3.63) is 87.3 Å². The van der Waals surface area contributed by atoms with Gasteiger partial charge in [0.2, 0.25) is 5.91 Å². The Balaban J connectivity index is 1.83. The third-order valence-corrected chi connectivity index (χ3v) is 7.67. The summed E-state index contributed by atoms with van der Waals surface area (Å²) in [6.45, 7) is 4.27. The van der Waals surface area contributed by atoms with E-state index in [0.717, 1.165) is 5.56 Å². The highest BCUT2D eigenvalue weighted by Gasteiger charge is 2.63. The molecular weight excluding hydrogens is 474 g/mol. The summed E-state index contributed by atoms with van der Waals surface area (Å²) in [7, 11) is 3.62. The SMILES string of the molecule is CN(C)N1C(N)=C(C#N)[C@@]2(C(=O)N(Cc3ccccc3Cl)c3ccccc32)C2=C1CC(C)(C)CC2=O. The predicted molar refractivity (Wildman–Crippen MR) is 138 cm³/mol. The van der Waals surface area contributed by atoms with E-state index in [1.165, 1.54) is 0 Å². The number of allylic oxidation sites excluding steroid dienone is 1. The number of Topliss-reactive ketones (excluding diaryl/α,β-unsaturated/α-hetero) is 1. The van der Waals surface area contributed by atoms with Gasteiger partial charge in [-0.05, 0) is 29.5 Å². The van der Waals surface area contributed by atoms with E-state index < -0.39 is 5.41 Å². The molecule has 2 aliphatic heterocycles. The van der Waals surface area contributed by atoms with Crippen molar-refractivity contribution >= 4 is 29.0 Å². The minimum Gasteiger partial charge on any atom is -0.383 e. The number of amides is 1. The van der Waals surface area contributed by atoms with Gasteiger partial charge in [0.05, 0.1) is 12.1 Å². The maximum absolute atomic E-state index is 14.6. The van der Waals surface area contributed by atoms with E-state index in [4.69, 9.17) is 17.3 Å². The molecule has 2 N–H and O–H groups in total. The molecule has 8 heteroatoms. The number of nitrogens with zero attached hydrogens (tertiary/aromatic N) is 4. The minimum atomic E-state index is -1.61. The first kappa shape index (κ1) is 24.1. The first-order valence-corrected chi connectivity index (χ1v) is 12.2. The van der Waals surface area contributed by atoms with Crippen molar-refractivity contribution in [2.75, 3.05) is 19.0 Å². The monoisotopic (exact) mass is 501 g/mol. The number of nitriles is 1. The van der Waals surface area contributed by atoms with Crippen LogP contribution in [0.1, 0.15) is 37.8 Å². The van der Waals surface area contributed by atoms with E-state index in [-0.39, 0.29) is 41.5 Å². The summed E-state index contributed by atoms with van der Waals surface area (Å²) in [6.07, 6.45) is 0.806. The maximum atomic E-state index is 14.6. The summed E-state index contributed by atoms with van der Waals surface area (Å²) >= 11 is 6.46. The molecule has 2 aromatic carbocycles. The van der Waals surface area contributed by atoms with Gasteiger partial charge in [-0.1, -0.05) is 61.8 Å². The lowest BCUT2D eigenvalue weighted by atomic mass is 9.61. The third-order valence-electron chi connectivity index (χ3n) is 7.31. The van der Waals surface area contributed by atoms with Gasteiger partial charge < -0.3 is 10.6 Å². The van der Waals surface area contributed by atoms with Crippen LogP contribution in [-0.2, 0) is 21.5 Å². The van der Waals surface area contributed by atoms with E-state index in [1.807, 2.05) is 70.4 Å². The summed E-state index contributed by atoms with van der Waals surface area (Å²) < 4.78 is 0. The molecule has 0 bridgehead atoms. The molecule has 0 fully saturated rings. The Labute approximate surface area is 216 Å². The Kier molecular flexibility index (Phi) is 5.51. The normalized spacial score (nSPS) is 22.9. The third kappa shape index (κ3) is 3.22. The fraction of sp³-hybridized carbons (Fsp3) is 0.321. The second kappa shape index (κ2) is 8.22. The van der Waals surface area contributed by atoms with Crippen molar-refractivity contribution in [2.45, 2.75) is 38.6 Å². The highest BCUT2D eigenvalue weighted by atomic mass is 35.5. The Morgan fingerprint density at radius 1 is 1.08 bits per heavy atom. The molecule has 2 aromatic rings. The highest BCUT2D eigenvalue weighted by Crippen LogP contribution is 2.58. The number of fused-ring (bicyclic) bond motifs is 3. The van der Waals surface area contributed by atoms with Crippen LogP contribution in [0.4, 0.5) is 5.69 Å². The molecule has 0 saturated carbocycles. The van der Waals surface area contributed by atoms with Crippen molar-refractivity contribution in [2.24, 2.45) is 11.1 Å². The van der Waals surface area contributed by atoms with Gasteiger partial charge >= 0.3 is 0 Å². The van der Waals surface area contributed by atoms with Crippen LogP contribution in [0.25, 0.3) is 0 Å². The number of rotatable bonds is 3. The Bertz CT molecular complexity index is 1420. The molecule has 0 aromatic heterocycles. The van der Waals surface area contributed by atoms with Gasteiger partial charge in [0, 0.05) is 48.1 Å². The zero-order chi connectivity index (χ0) is 26.0. The molecule has 1 amide bonds. The van der Waals surface area contributed by atoms with Crippen LogP contribution in [0.3, 0.4) is 0 Å². The predicted octanol–water partition coefficient (Wildman–Crippen LogP) is 4.25. The number of hydrazine groups is 1. The Morgan fingerprint density at radius 3 is 2.42 bits per heavy atom. The molecule has 0 radical (unpaired) electrons. The number of benzene rings is 2. The topological polar surface area (TPSA) is 93.7 Å². The highest BCUT2D eigenvalue weighted by molar-refractivity contribution is 6.31. The van der Waals surface area contributed by atoms with Gasteiger partial charge in [0.15, 0.2) is 5.78 Å². The number of carbonyl (C=O) groups is 2. The number of hydrogen-bond acceptors (Lipinski definition) is 6. The molecule has 2 heterocycles. The van der Waals surface area contributed by atoms with Gasteiger partial charge in [-0.2, -0.15) is 5.26 Å². The van der Waals surface area contributed by atoms with Gasteiger partial charge in [0.1, 0.15) is 17.3 Å². The first-order chi connectivity index (χ1) is 17.0. The number of nitrogens with two attached hydrogens (primary N) is 1. The zero-order valence-corrected chi connectivity index (χ0v) is 21.6. The van der Waals surface area contributed by atoms with E-state index in [1.54, 1.807) is 21.0 Å². The van der Waals surface area contributed by atoms with Crippen LogP contribution in [0.5, 0.6) is 0 Å². The fourth-order valence-electron chi connectivity index (χ4n) is 5.95. The molecule has 0 unspecified atom stereocenters. The van der Waals surface area contributed by atoms with E-state index >= 15 is 0 Å². The van der Waals surface area contributed by atoms with Crippen LogP contribution in [0.2, 0.25) is 5.02 Å². The van der Waals surface area contributed by atoms with E-state index in [2.05, 4.69) is 6.07 Å². The summed E-state index contributed by atoms with van der Waals surface area (Å²) in [4.78, 5) is 30.2. The first-order valence-electron chi connectivity index (χ1n) is 11.8. The number of anilines is 1. The molecule has 7 nitrogen and oxygen atoms in total. The lowest BCUT2D eigenvalue weighted by Crippen LogP contribution is -2.55. The van der Waals surface area contributed by atoms with Crippen LogP contribution < -0.4 is 10.6 Å². The lowest BCUT2D eigenvalue weighted by molar-refractivity contribution is -0.126. The molecule has 0 saturated heterocycles. The molecular formula is C28H28ClN5O2. The smallest absolute Gasteiger partial charge is 0.248 e.